The molecule has 0 saturated heterocycles. The molecule has 0 bridgehead atoms. The molecule has 1 fully saturated rings. The van der Waals surface area contributed by atoms with E-state index in [2.05, 4.69) is 10.3 Å². The van der Waals surface area contributed by atoms with Crippen molar-refractivity contribution in [3.8, 4) is 6.07 Å². The van der Waals surface area contributed by atoms with Crippen LogP contribution in [0.5, 0.6) is 0 Å². The van der Waals surface area contributed by atoms with Gasteiger partial charge in [-0.3, -0.25) is 4.79 Å². The number of nitrogens with zero attached hydrogens (tertiary/aromatic N) is 2. The summed E-state index contributed by atoms with van der Waals surface area (Å²) in [5.41, 5.74) is 1.82. The zero-order valence-electron chi connectivity index (χ0n) is 15.3. The van der Waals surface area contributed by atoms with Gasteiger partial charge in [0.15, 0.2) is 11.1 Å². The van der Waals surface area contributed by atoms with Crippen molar-refractivity contribution in [2.45, 2.75) is 38.6 Å². The largest absolute Gasteiger partial charge is 0.460 e. The average Bonchev–Trinajstić information content (AvgIpc) is 3.50. The average molecular weight is 398 g/mol. The van der Waals surface area contributed by atoms with E-state index in [1.165, 1.54) is 12.1 Å². The van der Waals surface area contributed by atoms with Crippen LogP contribution in [0, 0.1) is 24.1 Å². The van der Waals surface area contributed by atoms with Crippen molar-refractivity contribution in [1.82, 2.24) is 4.98 Å². The van der Waals surface area contributed by atoms with E-state index < -0.39 is 11.9 Å². The quantitative estimate of drug-likeness (QED) is 0.611. The molecular weight excluding hydrogens is 381 g/mol. The Bertz CT molecular complexity index is 1190. The molecule has 1 aromatic carbocycles. The van der Waals surface area contributed by atoms with Crippen LogP contribution in [0.15, 0.2) is 33.5 Å². The minimum atomic E-state index is -0.517. The Kier molecular flexibility index (Phi) is 4.56. The van der Waals surface area contributed by atoms with E-state index in [0.717, 1.165) is 12.8 Å². The molecule has 1 atom stereocenters. The standard InChI is InChI=1S/C21H17ClFN3O2/c1-10-19(27)15-8-13(23)7-14(21(15)28-20(10)12-3-4-12)11(2)25-16-5-6-18(22)26-17(16)9-24/h5-8,11-12,25H,3-4H2,1-2H3/t11-/m1/s1. The lowest BCUT2D eigenvalue weighted by Gasteiger charge is -2.18. The number of anilines is 1. The molecule has 3 aromatic rings. The van der Waals surface area contributed by atoms with Crippen LogP contribution in [0.3, 0.4) is 0 Å². The Morgan fingerprint density at radius 2 is 2.14 bits per heavy atom. The number of benzene rings is 1. The first-order chi connectivity index (χ1) is 13.4. The molecule has 0 spiro atoms. The fraction of sp³-hybridized carbons (Fsp3) is 0.286. The summed E-state index contributed by atoms with van der Waals surface area (Å²) in [5.74, 6) is 0.420. The predicted octanol–water partition coefficient (Wildman–Crippen LogP) is 5.21. The highest BCUT2D eigenvalue weighted by atomic mass is 35.5. The first kappa shape index (κ1) is 18.5. The van der Waals surface area contributed by atoms with Crippen LogP contribution in [0.1, 0.15) is 54.3 Å². The highest BCUT2D eigenvalue weighted by Gasteiger charge is 2.30. The summed E-state index contributed by atoms with van der Waals surface area (Å²) >= 11 is 5.84. The highest BCUT2D eigenvalue weighted by molar-refractivity contribution is 6.29. The maximum Gasteiger partial charge on any atom is 0.195 e. The summed E-state index contributed by atoms with van der Waals surface area (Å²) in [5, 5.41) is 12.9. The molecule has 2 heterocycles. The fourth-order valence-electron chi connectivity index (χ4n) is 3.40. The van der Waals surface area contributed by atoms with E-state index in [4.69, 9.17) is 16.0 Å². The lowest BCUT2D eigenvalue weighted by atomic mass is 10.0. The Labute approximate surface area is 165 Å². The summed E-state index contributed by atoms with van der Waals surface area (Å²) in [4.78, 5) is 16.8. The van der Waals surface area contributed by atoms with Gasteiger partial charge in [0.05, 0.1) is 17.1 Å². The Morgan fingerprint density at radius 3 is 2.82 bits per heavy atom. The predicted molar refractivity (Wildman–Crippen MR) is 105 cm³/mol. The van der Waals surface area contributed by atoms with Crippen LogP contribution in [0.25, 0.3) is 11.0 Å². The van der Waals surface area contributed by atoms with Crippen molar-refractivity contribution in [1.29, 1.82) is 5.26 Å². The maximum absolute atomic E-state index is 14.3. The molecule has 5 nitrogen and oxygen atoms in total. The number of nitriles is 1. The molecule has 0 radical (unpaired) electrons. The molecule has 28 heavy (non-hydrogen) atoms. The van der Waals surface area contributed by atoms with E-state index in [1.807, 2.05) is 6.07 Å². The summed E-state index contributed by atoms with van der Waals surface area (Å²) in [6.45, 7) is 3.53. The van der Waals surface area contributed by atoms with Gasteiger partial charge < -0.3 is 9.73 Å². The zero-order chi connectivity index (χ0) is 20.0. The molecule has 1 aliphatic carbocycles. The number of hydrogen-bond donors (Lipinski definition) is 1. The molecule has 2 aromatic heterocycles. The third-order valence-electron chi connectivity index (χ3n) is 5.00. The number of halogens is 2. The van der Waals surface area contributed by atoms with E-state index in [-0.39, 0.29) is 27.6 Å². The summed E-state index contributed by atoms with van der Waals surface area (Å²) in [7, 11) is 0. The van der Waals surface area contributed by atoms with Crippen LogP contribution in [0.4, 0.5) is 10.1 Å². The molecule has 0 amide bonds. The lowest BCUT2D eigenvalue weighted by molar-refractivity contribution is 0.525. The van der Waals surface area contributed by atoms with Crippen molar-refractivity contribution in [3.63, 3.8) is 0 Å². The second-order valence-corrected chi connectivity index (χ2v) is 7.46. The van der Waals surface area contributed by atoms with Gasteiger partial charge in [-0.15, -0.1) is 0 Å². The third kappa shape index (κ3) is 3.23. The molecule has 0 aliphatic heterocycles. The second-order valence-electron chi connectivity index (χ2n) is 7.07. The molecule has 7 heteroatoms. The van der Waals surface area contributed by atoms with Crippen LogP contribution < -0.4 is 10.7 Å². The number of rotatable bonds is 4. The topological polar surface area (TPSA) is 78.9 Å². The van der Waals surface area contributed by atoms with Gasteiger partial charge in [-0.2, -0.15) is 5.26 Å². The zero-order valence-corrected chi connectivity index (χ0v) is 16.1. The summed E-state index contributed by atoms with van der Waals surface area (Å²) in [6.07, 6.45) is 1.98. The van der Waals surface area contributed by atoms with Crippen molar-refractivity contribution < 1.29 is 8.81 Å². The van der Waals surface area contributed by atoms with Gasteiger partial charge in [0.2, 0.25) is 0 Å². The molecule has 1 saturated carbocycles. The fourth-order valence-corrected chi connectivity index (χ4v) is 3.55. The minimum absolute atomic E-state index is 0.135. The number of pyridine rings is 1. The Hall–Kier alpha value is -2.91. The normalized spacial score (nSPS) is 14.7. The van der Waals surface area contributed by atoms with Crippen molar-refractivity contribution >= 4 is 28.3 Å². The molecule has 142 valence electrons. The molecular formula is C21H17ClFN3O2. The SMILES string of the molecule is Cc1c(C2CC2)oc2c([C@@H](C)Nc3ccc(Cl)nc3C#N)cc(F)cc2c1=O. The lowest BCUT2D eigenvalue weighted by Crippen LogP contribution is -2.14. The molecule has 1 aliphatic rings. The van der Waals surface area contributed by atoms with E-state index >= 15 is 0 Å². The minimum Gasteiger partial charge on any atom is -0.460 e. The van der Waals surface area contributed by atoms with Gasteiger partial charge in [0, 0.05) is 17.0 Å². The second kappa shape index (κ2) is 6.92. The third-order valence-corrected chi connectivity index (χ3v) is 5.21. The summed E-state index contributed by atoms with van der Waals surface area (Å²) < 4.78 is 20.4. The Balaban J connectivity index is 1.84. The van der Waals surface area contributed by atoms with E-state index in [9.17, 15) is 14.4 Å². The van der Waals surface area contributed by atoms with Gasteiger partial charge in [-0.05, 0) is 51.0 Å². The van der Waals surface area contributed by atoms with Crippen molar-refractivity contribution in [2.75, 3.05) is 5.32 Å². The highest BCUT2D eigenvalue weighted by Crippen LogP contribution is 2.42. The first-order valence-corrected chi connectivity index (χ1v) is 9.36. The summed E-state index contributed by atoms with van der Waals surface area (Å²) in [6, 6.07) is 7.32. The Morgan fingerprint density at radius 1 is 1.39 bits per heavy atom. The van der Waals surface area contributed by atoms with Gasteiger partial charge in [-0.25, -0.2) is 9.37 Å². The monoisotopic (exact) mass is 397 g/mol. The van der Waals surface area contributed by atoms with Gasteiger partial charge in [-0.1, -0.05) is 11.6 Å². The van der Waals surface area contributed by atoms with Crippen LogP contribution >= 0.6 is 11.6 Å². The van der Waals surface area contributed by atoms with Crippen LogP contribution in [-0.2, 0) is 0 Å². The molecule has 1 N–H and O–H groups in total. The van der Waals surface area contributed by atoms with E-state index in [1.54, 1.807) is 26.0 Å². The van der Waals surface area contributed by atoms with Gasteiger partial charge >= 0.3 is 0 Å². The molecule has 0 unspecified atom stereocenters. The van der Waals surface area contributed by atoms with Crippen LogP contribution in [-0.4, -0.2) is 4.98 Å². The first-order valence-electron chi connectivity index (χ1n) is 8.99. The van der Waals surface area contributed by atoms with Gasteiger partial charge in [0.1, 0.15) is 28.4 Å². The maximum atomic E-state index is 14.3. The number of fused-ring (bicyclic) bond motifs is 1. The molecule has 4 rings (SSSR count). The van der Waals surface area contributed by atoms with Gasteiger partial charge in [0.25, 0.3) is 0 Å². The number of aromatic nitrogens is 1. The number of nitrogens with one attached hydrogen (secondary N) is 1. The number of hydrogen-bond acceptors (Lipinski definition) is 5. The van der Waals surface area contributed by atoms with Crippen molar-refractivity contribution in [3.05, 3.63) is 68.0 Å². The smallest absolute Gasteiger partial charge is 0.195 e. The van der Waals surface area contributed by atoms with E-state index in [0.29, 0.717) is 28.2 Å². The van der Waals surface area contributed by atoms with Crippen molar-refractivity contribution in [2.24, 2.45) is 0 Å². The van der Waals surface area contributed by atoms with Crippen LogP contribution in [0.2, 0.25) is 5.15 Å².